The van der Waals surface area contributed by atoms with Crippen molar-refractivity contribution in [2.45, 2.75) is 23.9 Å². The minimum atomic E-state index is -1.01. The molecule has 3 rings (SSSR count). The molecule has 2 aromatic carbocycles. The third-order valence-corrected chi connectivity index (χ3v) is 5.50. The van der Waals surface area contributed by atoms with Gasteiger partial charge in [0.15, 0.2) is 5.78 Å². The van der Waals surface area contributed by atoms with Gasteiger partial charge in [0.2, 0.25) is 0 Å². The van der Waals surface area contributed by atoms with E-state index in [9.17, 15) is 14.7 Å². The van der Waals surface area contributed by atoms with E-state index in [-0.39, 0.29) is 18.4 Å². The number of amides is 1. The van der Waals surface area contributed by atoms with Crippen LogP contribution in [0.1, 0.15) is 39.2 Å². The van der Waals surface area contributed by atoms with Gasteiger partial charge in [0.05, 0.1) is 19.3 Å². The summed E-state index contributed by atoms with van der Waals surface area (Å²) < 4.78 is 10.0. The number of carbonyl (C=O) groups excluding carboxylic acids is 2. The van der Waals surface area contributed by atoms with Gasteiger partial charge in [-0.1, -0.05) is 40.2 Å². The number of aliphatic hydroxyl groups excluding tert-OH is 1. The summed E-state index contributed by atoms with van der Waals surface area (Å²) in [4.78, 5) is 23.4. The predicted octanol–water partition coefficient (Wildman–Crippen LogP) is 3.46. The minimum absolute atomic E-state index is 0.224. The van der Waals surface area contributed by atoms with Crippen LogP contribution in [0, 0.1) is 6.92 Å². The lowest BCUT2D eigenvalue weighted by atomic mass is 9.94. The molecule has 0 saturated carbocycles. The maximum atomic E-state index is 13.0. The summed E-state index contributed by atoms with van der Waals surface area (Å²) in [5.74, 6) is 0.440. The van der Waals surface area contributed by atoms with Crippen molar-refractivity contribution in [3.63, 3.8) is 0 Å². The molecule has 142 valence electrons. The van der Waals surface area contributed by atoms with E-state index < -0.39 is 17.0 Å². The van der Waals surface area contributed by atoms with Crippen molar-refractivity contribution in [2.24, 2.45) is 0 Å². The Morgan fingerprint density at radius 2 is 2.00 bits per heavy atom. The molecule has 0 aliphatic carbocycles. The number of ketones is 1. The number of benzene rings is 2. The van der Waals surface area contributed by atoms with Crippen molar-refractivity contribution in [1.29, 1.82) is 0 Å². The van der Waals surface area contributed by atoms with Gasteiger partial charge in [-0.25, -0.2) is 4.79 Å². The number of nitrogens with one attached hydrogen (secondary N) is 1. The first-order chi connectivity index (χ1) is 12.9. The molecule has 7 heteroatoms. The fourth-order valence-corrected chi connectivity index (χ4v) is 3.50. The molecule has 0 unspecified atom stereocenters. The molecule has 1 aliphatic rings. The maximum Gasteiger partial charge on any atom is 0.407 e. The van der Waals surface area contributed by atoms with Gasteiger partial charge in [-0.2, -0.15) is 0 Å². The van der Waals surface area contributed by atoms with E-state index in [1.165, 1.54) is 0 Å². The molecule has 2 N–H and O–H groups in total. The molecule has 0 aromatic heterocycles. The molecule has 6 nitrogen and oxygen atoms in total. The second-order valence-corrected chi connectivity index (χ2v) is 7.34. The first-order valence-corrected chi connectivity index (χ1v) is 9.36. The van der Waals surface area contributed by atoms with Crippen molar-refractivity contribution < 1.29 is 24.2 Å². The number of alkyl halides is 1. The summed E-state index contributed by atoms with van der Waals surface area (Å²) in [5, 5.41) is 13.3. The number of halogens is 1. The SMILES string of the molecule is COc1ccc([C@@H](O)[C@H](Br)C(=O)c2cc([C@H]3COC(=O)N3)ccc2C)cc1. The molecule has 27 heavy (non-hydrogen) atoms. The maximum absolute atomic E-state index is 13.0. The Morgan fingerprint density at radius 1 is 1.30 bits per heavy atom. The molecule has 1 heterocycles. The van der Waals surface area contributed by atoms with E-state index in [2.05, 4.69) is 21.2 Å². The number of aryl methyl sites for hydroxylation is 1. The van der Waals surface area contributed by atoms with E-state index in [0.717, 1.165) is 11.1 Å². The number of cyclic esters (lactones) is 1. The number of alkyl carbamates (subject to hydrolysis) is 1. The van der Waals surface area contributed by atoms with Crippen LogP contribution in [0.4, 0.5) is 4.79 Å². The summed E-state index contributed by atoms with van der Waals surface area (Å²) in [6.45, 7) is 2.06. The lowest BCUT2D eigenvalue weighted by Crippen LogP contribution is -2.24. The van der Waals surface area contributed by atoms with Gasteiger partial charge in [-0.15, -0.1) is 0 Å². The Morgan fingerprint density at radius 3 is 2.59 bits per heavy atom. The third kappa shape index (κ3) is 4.14. The highest BCUT2D eigenvalue weighted by molar-refractivity contribution is 9.10. The number of methoxy groups -OCH3 is 1. The van der Waals surface area contributed by atoms with Crippen LogP contribution >= 0.6 is 15.9 Å². The molecule has 3 atom stereocenters. The normalized spacial score (nSPS) is 18.4. The topological polar surface area (TPSA) is 84.9 Å². The number of carbonyl (C=O) groups is 2. The van der Waals surface area contributed by atoms with E-state index in [1.54, 1.807) is 37.4 Å². The van der Waals surface area contributed by atoms with Gasteiger partial charge < -0.3 is 19.9 Å². The fraction of sp³-hybridized carbons (Fsp3) is 0.300. The average molecular weight is 434 g/mol. The smallest absolute Gasteiger partial charge is 0.407 e. The Hall–Kier alpha value is -2.38. The molecule has 0 bridgehead atoms. The van der Waals surface area contributed by atoms with Crippen LogP contribution in [0.2, 0.25) is 0 Å². The summed E-state index contributed by atoms with van der Waals surface area (Å²) in [7, 11) is 1.57. The molecular weight excluding hydrogens is 414 g/mol. The van der Waals surface area contributed by atoms with E-state index in [0.29, 0.717) is 16.9 Å². The number of Topliss-reactive ketones (excluding diaryl/α,β-unsaturated/α-hetero) is 1. The predicted molar refractivity (Wildman–Crippen MR) is 103 cm³/mol. The van der Waals surface area contributed by atoms with Gasteiger partial charge >= 0.3 is 6.09 Å². The zero-order chi connectivity index (χ0) is 19.6. The highest BCUT2D eigenvalue weighted by Crippen LogP contribution is 2.29. The Labute approximate surface area is 165 Å². The number of aliphatic hydroxyl groups is 1. The summed E-state index contributed by atoms with van der Waals surface area (Å²) >= 11 is 3.34. The Bertz CT molecular complexity index is 852. The molecular formula is C20H20BrNO5. The number of hydrogen-bond donors (Lipinski definition) is 2. The van der Waals surface area contributed by atoms with Crippen LogP contribution in [0.25, 0.3) is 0 Å². The fourth-order valence-electron chi connectivity index (χ4n) is 2.95. The van der Waals surface area contributed by atoms with Crippen molar-refractivity contribution in [3.8, 4) is 5.75 Å². The van der Waals surface area contributed by atoms with E-state index >= 15 is 0 Å². The molecule has 1 fully saturated rings. The Balaban J connectivity index is 1.82. The van der Waals surface area contributed by atoms with Crippen molar-refractivity contribution in [3.05, 3.63) is 64.7 Å². The highest BCUT2D eigenvalue weighted by Gasteiger charge is 2.29. The molecule has 1 aliphatic heterocycles. The Kier molecular flexibility index (Phi) is 5.82. The van der Waals surface area contributed by atoms with Crippen molar-refractivity contribution >= 4 is 27.8 Å². The summed E-state index contributed by atoms with van der Waals surface area (Å²) in [6.07, 6.45) is -1.48. The third-order valence-electron chi connectivity index (χ3n) is 4.59. The van der Waals surface area contributed by atoms with Crippen LogP contribution in [0.3, 0.4) is 0 Å². The summed E-state index contributed by atoms with van der Waals surface area (Å²) in [6, 6.07) is 12.0. The lowest BCUT2D eigenvalue weighted by Gasteiger charge is -2.19. The number of hydrogen-bond acceptors (Lipinski definition) is 5. The number of rotatable bonds is 6. The molecule has 0 radical (unpaired) electrons. The van der Waals surface area contributed by atoms with Crippen LogP contribution in [-0.2, 0) is 4.74 Å². The average Bonchev–Trinajstić information content (AvgIpc) is 3.13. The van der Waals surface area contributed by atoms with Crippen LogP contribution in [-0.4, -0.2) is 35.5 Å². The monoisotopic (exact) mass is 433 g/mol. The number of ether oxygens (including phenoxy) is 2. The zero-order valence-electron chi connectivity index (χ0n) is 14.9. The van der Waals surface area contributed by atoms with Gasteiger partial charge in [0, 0.05) is 5.56 Å². The van der Waals surface area contributed by atoms with Crippen LogP contribution < -0.4 is 10.1 Å². The first-order valence-electron chi connectivity index (χ1n) is 8.45. The second kappa shape index (κ2) is 8.10. The molecule has 1 saturated heterocycles. The van der Waals surface area contributed by atoms with E-state index in [1.807, 2.05) is 19.1 Å². The largest absolute Gasteiger partial charge is 0.497 e. The van der Waals surface area contributed by atoms with Crippen molar-refractivity contribution in [2.75, 3.05) is 13.7 Å². The van der Waals surface area contributed by atoms with Crippen LogP contribution in [0.5, 0.6) is 5.75 Å². The zero-order valence-corrected chi connectivity index (χ0v) is 16.5. The quantitative estimate of drug-likeness (QED) is 0.538. The standard InChI is InChI=1S/C20H20BrNO5/c1-11-3-4-13(16-10-27-20(25)22-16)9-15(11)19(24)17(21)18(23)12-5-7-14(26-2)8-6-12/h3-9,16-18,23H,10H2,1-2H3,(H,22,25)/t16-,17+,18-/m1/s1. The molecule has 0 spiro atoms. The highest BCUT2D eigenvalue weighted by atomic mass is 79.9. The van der Waals surface area contributed by atoms with Crippen molar-refractivity contribution in [1.82, 2.24) is 5.32 Å². The summed E-state index contributed by atoms with van der Waals surface area (Å²) in [5.41, 5.74) is 2.67. The first kappa shape index (κ1) is 19.4. The van der Waals surface area contributed by atoms with E-state index in [4.69, 9.17) is 9.47 Å². The van der Waals surface area contributed by atoms with Gasteiger partial charge in [0.25, 0.3) is 0 Å². The van der Waals surface area contributed by atoms with Gasteiger partial charge in [-0.3, -0.25) is 4.79 Å². The second-order valence-electron chi connectivity index (χ2n) is 6.35. The van der Waals surface area contributed by atoms with Crippen LogP contribution in [0.15, 0.2) is 42.5 Å². The minimum Gasteiger partial charge on any atom is -0.497 e. The lowest BCUT2D eigenvalue weighted by molar-refractivity contribution is 0.0902. The van der Waals surface area contributed by atoms with Gasteiger partial charge in [0.1, 0.15) is 17.2 Å². The molecule has 1 amide bonds. The molecule has 2 aromatic rings. The van der Waals surface area contributed by atoms with Gasteiger partial charge in [-0.05, 0) is 41.8 Å².